The number of hydrogen-bond acceptors (Lipinski definition) is 3. The largest absolute Gasteiger partial charge is 0.497 e. The van der Waals surface area contributed by atoms with Crippen LogP contribution in [0.25, 0.3) is 0 Å². The minimum absolute atomic E-state index is 0.131. The lowest BCUT2D eigenvalue weighted by Gasteiger charge is -2.28. The van der Waals surface area contributed by atoms with Gasteiger partial charge in [0.2, 0.25) is 11.8 Å². The third kappa shape index (κ3) is 3.37. The normalized spacial score (nSPS) is 26.4. The molecule has 5 nitrogen and oxygen atoms in total. The van der Waals surface area contributed by atoms with Crippen LogP contribution in [0.2, 0.25) is 0 Å². The molecular weight excluding hydrogens is 316 g/mol. The lowest BCUT2D eigenvalue weighted by Crippen LogP contribution is -2.37. The number of rotatable bonds is 5. The zero-order valence-electron chi connectivity index (χ0n) is 14.8. The molecule has 0 radical (unpaired) electrons. The molecule has 0 bridgehead atoms. The molecule has 1 aromatic rings. The van der Waals surface area contributed by atoms with Gasteiger partial charge in [-0.1, -0.05) is 12.1 Å². The minimum Gasteiger partial charge on any atom is -0.497 e. The van der Waals surface area contributed by atoms with Gasteiger partial charge < -0.3 is 14.5 Å². The van der Waals surface area contributed by atoms with Crippen LogP contribution in [0.5, 0.6) is 5.75 Å². The van der Waals surface area contributed by atoms with Gasteiger partial charge >= 0.3 is 0 Å². The van der Waals surface area contributed by atoms with Crippen molar-refractivity contribution >= 4 is 11.8 Å². The standard InChI is InChI=1S/C20H26N2O3/c1-25-17-8-6-15(7-9-17)18-3-2-10-22(18)20(24)16-11-19(23)21(13-16)12-14-4-5-14/h6-9,14,16,18H,2-5,10-13H2,1H3/t16-,18-/m0/s1. The maximum Gasteiger partial charge on any atom is 0.228 e. The zero-order valence-corrected chi connectivity index (χ0v) is 14.8. The van der Waals surface area contributed by atoms with Gasteiger partial charge in [-0.3, -0.25) is 9.59 Å². The summed E-state index contributed by atoms with van der Waals surface area (Å²) < 4.78 is 5.22. The van der Waals surface area contributed by atoms with E-state index in [-0.39, 0.29) is 23.8 Å². The quantitative estimate of drug-likeness (QED) is 0.826. The fourth-order valence-electron chi connectivity index (χ4n) is 4.16. The number of benzene rings is 1. The summed E-state index contributed by atoms with van der Waals surface area (Å²) in [5.41, 5.74) is 1.16. The van der Waals surface area contributed by atoms with Crippen molar-refractivity contribution in [2.45, 2.75) is 38.1 Å². The van der Waals surface area contributed by atoms with Gasteiger partial charge in [0.15, 0.2) is 0 Å². The SMILES string of the molecule is COc1ccc([C@@H]2CCCN2C(=O)[C@H]2CC(=O)N(CC3CC3)C2)cc1. The molecular formula is C20H26N2O3. The van der Waals surface area contributed by atoms with E-state index in [4.69, 9.17) is 4.74 Å². The van der Waals surface area contributed by atoms with Gasteiger partial charge in [-0.2, -0.15) is 0 Å². The zero-order chi connectivity index (χ0) is 17.4. The first-order chi connectivity index (χ1) is 12.2. The number of nitrogens with zero attached hydrogens (tertiary/aromatic N) is 2. The Morgan fingerprint density at radius 1 is 1.20 bits per heavy atom. The molecule has 4 rings (SSSR count). The predicted octanol–water partition coefficient (Wildman–Crippen LogP) is 2.62. The van der Waals surface area contributed by atoms with Gasteiger partial charge in [0.25, 0.3) is 0 Å². The van der Waals surface area contributed by atoms with Crippen molar-refractivity contribution in [2.24, 2.45) is 11.8 Å². The molecule has 2 heterocycles. The van der Waals surface area contributed by atoms with E-state index in [0.717, 1.165) is 37.2 Å². The van der Waals surface area contributed by atoms with Crippen molar-refractivity contribution in [2.75, 3.05) is 26.7 Å². The van der Waals surface area contributed by atoms with Gasteiger partial charge in [-0.25, -0.2) is 0 Å². The molecule has 134 valence electrons. The molecule has 0 spiro atoms. The summed E-state index contributed by atoms with van der Waals surface area (Å²) in [7, 11) is 1.66. The summed E-state index contributed by atoms with van der Waals surface area (Å²) in [6.45, 7) is 2.26. The van der Waals surface area contributed by atoms with Crippen molar-refractivity contribution in [3.05, 3.63) is 29.8 Å². The minimum atomic E-state index is -0.162. The molecule has 3 fully saturated rings. The number of ether oxygens (including phenoxy) is 1. The molecule has 2 saturated heterocycles. The Bertz CT molecular complexity index is 653. The van der Waals surface area contributed by atoms with E-state index in [9.17, 15) is 9.59 Å². The molecule has 0 N–H and O–H groups in total. The first kappa shape index (κ1) is 16.4. The van der Waals surface area contributed by atoms with Crippen molar-refractivity contribution in [3.63, 3.8) is 0 Å². The van der Waals surface area contributed by atoms with Crippen LogP contribution in [0, 0.1) is 11.8 Å². The van der Waals surface area contributed by atoms with Crippen LogP contribution in [0.3, 0.4) is 0 Å². The Kier molecular flexibility index (Phi) is 4.40. The third-order valence-corrected chi connectivity index (χ3v) is 5.78. The summed E-state index contributed by atoms with van der Waals surface area (Å²) in [5.74, 6) is 1.66. The van der Waals surface area contributed by atoms with Crippen LogP contribution in [-0.4, -0.2) is 48.4 Å². The molecule has 1 saturated carbocycles. The molecule has 0 aromatic heterocycles. The molecule has 2 amide bonds. The van der Waals surface area contributed by atoms with Crippen LogP contribution in [0.15, 0.2) is 24.3 Å². The second-order valence-electron chi connectivity index (χ2n) is 7.61. The average Bonchev–Trinajstić information content (AvgIpc) is 3.18. The highest BCUT2D eigenvalue weighted by Gasteiger charge is 2.41. The van der Waals surface area contributed by atoms with Crippen molar-refractivity contribution < 1.29 is 14.3 Å². The number of carbonyl (C=O) groups is 2. The summed E-state index contributed by atoms with van der Waals surface area (Å²) in [4.78, 5) is 29.2. The second-order valence-corrected chi connectivity index (χ2v) is 7.61. The molecule has 1 aromatic carbocycles. The first-order valence-electron chi connectivity index (χ1n) is 9.38. The number of hydrogen-bond donors (Lipinski definition) is 0. The molecule has 2 atom stereocenters. The van der Waals surface area contributed by atoms with Crippen molar-refractivity contribution in [3.8, 4) is 5.75 Å². The molecule has 2 aliphatic heterocycles. The third-order valence-electron chi connectivity index (χ3n) is 5.78. The molecule has 25 heavy (non-hydrogen) atoms. The first-order valence-corrected chi connectivity index (χ1v) is 9.38. The van der Waals surface area contributed by atoms with Gasteiger partial charge in [-0.15, -0.1) is 0 Å². The molecule has 0 unspecified atom stereocenters. The summed E-state index contributed by atoms with van der Waals surface area (Å²) in [6.07, 6.45) is 4.86. The lowest BCUT2D eigenvalue weighted by molar-refractivity contribution is -0.136. The summed E-state index contributed by atoms with van der Waals surface area (Å²) in [6, 6.07) is 8.13. The van der Waals surface area contributed by atoms with Gasteiger partial charge in [0, 0.05) is 26.1 Å². The fraction of sp³-hybridized carbons (Fsp3) is 0.600. The van der Waals surface area contributed by atoms with Crippen LogP contribution >= 0.6 is 0 Å². The Hall–Kier alpha value is -2.04. The fourth-order valence-corrected chi connectivity index (χ4v) is 4.16. The highest BCUT2D eigenvalue weighted by molar-refractivity contribution is 5.89. The Balaban J connectivity index is 1.44. The van der Waals surface area contributed by atoms with E-state index in [1.807, 2.05) is 34.1 Å². The van der Waals surface area contributed by atoms with E-state index in [0.29, 0.717) is 18.9 Å². The smallest absolute Gasteiger partial charge is 0.228 e. The number of amides is 2. The number of methoxy groups -OCH3 is 1. The summed E-state index contributed by atoms with van der Waals surface area (Å²) in [5, 5.41) is 0. The van der Waals surface area contributed by atoms with E-state index < -0.39 is 0 Å². The number of likely N-dealkylation sites (tertiary alicyclic amines) is 2. The monoisotopic (exact) mass is 342 g/mol. The van der Waals surface area contributed by atoms with Crippen molar-refractivity contribution in [1.82, 2.24) is 9.80 Å². The van der Waals surface area contributed by atoms with Crippen LogP contribution < -0.4 is 4.74 Å². The maximum absolute atomic E-state index is 13.1. The van der Waals surface area contributed by atoms with E-state index in [1.165, 1.54) is 12.8 Å². The highest BCUT2D eigenvalue weighted by atomic mass is 16.5. The molecule has 5 heteroatoms. The molecule has 3 aliphatic rings. The van der Waals surface area contributed by atoms with Crippen molar-refractivity contribution in [1.29, 1.82) is 0 Å². The lowest BCUT2D eigenvalue weighted by atomic mass is 10.0. The van der Waals surface area contributed by atoms with Gasteiger partial charge in [-0.05, 0) is 49.3 Å². The van der Waals surface area contributed by atoms with Crippen LogP contribution in [-0.2, 0) is 9.59 Å². The topological polar surface area (TPSA) is 49.9 Å². The van der Waals surface area contributed by atoms with Gasteiger partial charge in [0.1, 0.15) is 5.75 Å². The van der Waals surface area contributed by atoms with E-state index in [2.05, 4.69) is 0 Å². The Morgan fingerprint density at radius 3 is 2.64 bits per heavy atom. The Labute approximate surface area is 148 Å². The maximum atomic E-state index is 13.1. The second kappa shape index (κ2) is 6.70. The summed E-state index contributed by atoms with van der Waals surface area (Å²) >= 11 is 0. The molecule has 1 aliphatic carbocycles. The van der Waals surface area contributed by atoms with E-state index in [1.54, 1.807) is 7.11 Å². The van der Waals surface area contributed by atoms with Crippen LogP contribution in [0.1, 0.15) is 43.7 Å². The predicted molar refractivity (Wildman–Crippen MR) is 94.1 cm³/mol. The van der Waals surface area contributed by atoms with E-state index >= 15 is 0 Å². The average molecular weight is 342 g/mol. The van der Waals surface area contributed by atoms with Crippen LogP contribution in [0.4, 0.5) is 0 Å². The number of carbonyl (C=O) groups excluding carboxylic acids is 2. The Morgan fingerprint density at radius 2 is 1.96 bits per heavy atom. The highest BCUT2D eigenvalue weighted by Crippen LogP contribution is 2.36. The van der Waals surface area contributed by atoms with Gasteiger partial charge in [0.05, 0.1) is 19.1 Å².